The molecule has 0 aliphatic heterocycles. The molecule has 168 valence electrons. The first kappa shape index (κ1) is 26.6. The van der Waals surface area contributed by atoms with E-state index < -0.39 is 24.2 Å². The van der Waals surface area contributed by atoms with Crippen LogP contribution in [-0.4, -0.2) is 24.2 Å². The summed E-state index contributed by atoms with van der Waals surface area (Å²) in [5, 5.41) is 0. The average molecular weight is 614 g/mol. The van der Waals surface area contributed by atoms with Crippen molar-refractivity contribution in [2.75, 3.05) is 0 Å². The molecule has 0 fully saturated rings. The van der Waals surface area contributed by atoms with Crippen molar-refractivity contribution in [1.82, 2.24) is 0 Å². The molecule has 1 heteroatoms. The monoisotopic (exact) mass is 614 g/mol. The number of hydrogen-bond acceptors (Lipinski definition) is 0. The summed E-state index contributed by atoms with van der Waals surface area (Å²) in [7, 11) is 0. The zero-order valence-corrected chi connectivity index (χ0v) is 26.2. The van der Waals surface area contributed by atoms with Crippen molar-refractivity contribution >= 4 is 30.5 Å². The van der Waals surface area contributed by atoms with E-state index in [9.17, 15) is 0 Å². The number of benzene rings is 2. The molecule has 0 N–H and O–H groups in total. The van der Waals surface area contributed by atoms with Crippen LogP contribution in [0.5, 0.6) is 0 Å². The molecular weight excluding hydrogens is 568 g/mol. The zero-order chi connectivity index (χ0) is 23.6. The molecule has 0 spiro atoms. The van der Waals surface area contributed by atoms with Crippen LogP contribution in [0.4, 0.5) is 0 Å². The van der Waals surface area contributed by atoms with Crippen molar-refractivity contribution < 1.29 is 0 Å². The Morgan fingerprint density at radius 1 is 0.387 bits per heavy atom. The predicted octanol–water partition coefficient (Wildman–Crippen LogP) is 8.08. The molecule has 0 saturated heterocycles. The molecule has 0 aliphatic carbocycles. The Hall–Kier alpha value is -0.638. The van der Waals surface area contributed by atoms with Crippen molar-refractivity contribution in [3.05, 3.63) is 57.6 Å². The molecule has 2 rings (SSSR count). The molecule has 0 amide bonds. The third kappa shape index (κ3) is 6.24. The van der Waals surface area contributed by atoms with E-state index in [1.807, 2.05) is 0 Å². The fraction of sp³-hybridized carbons (Fsp3) is 0.600. The third-order valence-corrected chi connectivity index (χ3v) is 12.9. The van der Waals surface area contributed by atoms with Crippen molar-refractivity contribution in [3.8, 4) is 0 Å². The number of hydrogen-bond donors (Lipinski definition) is 0. The van der Waals surface area contributed by atoms with Gasteiger partial charge in [-0.25, -0.2) is 0 Å². The van der Waals surface area contributed by atoms with E-state index in [1.54, 1.807) is 28.5 Å². The Kier molecular flexibility index (Phi) is 9.43. The fourth-order valence-corrected chi connectivity index (χ4v) is 13.2. The summed E-state index contributed by atoms with van der Waals surface area (Å²) in [5.74, 6) is 3.50. The van der Waals surface area contributed by atoms with Gasteiger partial charge in [0, 0.05) is 0 Å². The van der Waals surface area contributed by atoms with Gasteiger partial charge in [0.25, 0.3) is 0 Å². The molecule has 0 aliphatic rings. The standard InChI is InChI=1S/2C15H23.Pb/c2*1-10(2)13-7-14(11(3)4)9-15(8-13)12(5)6;/h2*7-8,10-12H,1-6H3;/q;;+2. The molecular formula is C30H46Pb+2. The summed E-state index contributed by atoms with van der Waals surface area (Å²) in [5.41, 5.74) is 9.57. The minimum absolute atomic E-state index is 0.582. The zero-order valence-electron chi connectivity index (χ0n) is 22.3. The van der Waals surface area contributed by atoms with E-state index in [0.717, 1.165) is 0 Å². The van der Waals surface area contributed by atoms with Gasteiger partial charge >= 0.3 is 207 Å². The van der Waals surface area contributed by atoms with Gasteiger partial charge in [0.15, 0.2) is 0 Å². The maximum absolute atomic E-state index is 2.55. The van der Waals surface area contributed by atoms with E-state index in [2.05, 4.69) is 107 Å². The molecule has 0 heterocycles. The van der Waals surface area contributed by atoms with Crippen LogP contribution < -0.4 is 6.25 Å². The molecule has 0 unspecified atom stereocenters. The van der Waals surface area contributed by atoms with Crippen molar-refractivity contribution in [2.45, 2.75) is 119 Å². The van der Waals surface area contributed by atoms with Gasteiger partial charge in [-0.2, -0.15) is 0 Å². The van der Waals surface area contributed by atoms with Crippen molar-refractivity contribution in [2.24, 2.45) is 0 Å². The molecule has 0 nitrogen and oxygen atoms in total. The van der Waals surface area contributed by atoms with Gasteiger partial charge in [0.1, 0.15) is 0 Å². The first-order valence-electron chi connectivity index (χ1n) is 12.5. The van der Waals surface area contributed by atoms with E-state index >= 15 is 0 Å². The summed E-state index contributed by atoms with van der Waals surface area (Å²) >= 11 is -1.26. The van der Waals surface area contributed by atoms with Gasteiger partial charge in [-0.3, -0.25) is 0 Å². The van der Waals surface area contributed by atoms with Crippen LogP contribution in [0.25, 0.3) is 0 Å². The first-order valence-corrected chi connectivity index (χ1v) is 16.4. The van der Waals surface area contributed by atoms with E-state index in [4.69, 9.17) is 0 Å². The summed E-state index contributed by atoms with van der Waals surface area (Å²) in [6.45, 7) is 28.5. The van der Waals surface area contributed by atoms with Gasteiger partial charge in [-0.15, -0.1) is 0 Å². The Bertz CT molecular complexity index is 750. The quantitative estimate of drug-likeness (QED) is 0.264. The Morgan fingerprint density at radius 3 is 0.774 bits per heavy atom. The van der Waals surface area contributed by atoms with Crippen molar-refractivity contribution in [3.63, 3.8) is 0 Å². The van der Waals surface area contributed by atoms with Gasteiger partial charge in [0.05, 0.1) is 0 Å². The second kappa shape index (κ2) is 11.0. The topological polar surface area (TPSA) is 0 Å². The molecule has 0 radical (unpaired) electrons. The molecule has 2 aromatic rings. The van der Waals surface area contributed by atoms with Crippen LogP contribution in [0.1, 0.15) is 152 Å². The van der Waals surface area contributed by atoms with Crippen LogP contribution in [-0.2, 0) is 0 Å². The molecule has 0 saturated carbocycles. The predicted molar refractivity (Wildman–Crippen MR) is 142 cm³/mol. The van der Waals surface area contributed by atoms with Gasteiger partial charge in [-0.05, 0) is 0 Å². The van der Waals surface area contributed by atoms with Gasteiger partial charge in [0.2, 0.25) is 0 Å². The molecule has 2 aromatic carbocycles. The molecule has 0 bridgehead atoms. The van der Waals surface area contributed by atoms with Gasteiger partial charge in [-0.1, -0.05) is 0 Å². The minimum atomic E-state index is -1.26. The second-order valence-electron chi connectivity index (χ2n) is 11.2. The Morgan fingerprint density at radius 2 is 0.613 bits per heavy atom. The maximum atomic E-state index is 2.55. The summed E-state index contributed by atoms with van der Waals surface area (Å²) < 4.78 is 3.55. The third-order valence-electron chi connectivity index (χ3n) is 6.51. The summed E-state index contributed by atoms with van der Waals surface area (Å²) in [4.78, 5) is 0. The fourth-order valence-electron chi connectivity index (χ4n) is 4.33. The van der Waals surface area contributed by atoms with E-state index in [0.29, 0.717) is 35.5 Å². The van der Waals surface area contributed by atoms with E-state index in [-0.39, 0.29) is 0 Å². The number of rotatable bonds is 8. The molecule has 0 atom stereocenters. The molecule has 0 aromatic heterocycles. The Balaban J connectivity index is 2.83. The second-order valence-corrected chi connectivity index (χ2v) is 16.1. The summed E-state index contributed by atoms with van der Waals surface area (Å²) in [6, 6.07) is 10.2. The van der Waals surface area contributed by atoms with Crippen LogP contribution in [0.15, 0.2) is 24.3 Å². The summed E-state index contributed by atoms with van der Waals surface area (Å²) in [6.07, 6.45) is 0. The normalized spacial score (nSPS) is 12.2. The van der Waals surface area contributed by atoms with Crippen molar-refractivity contribution in [1.29, 1.82) is 0 Å². The van der Waals surface area contributed by atoms with E-state index in [1.165, 1.54) is 11.1 Å². The molecule has 31 heavy (non-hydrogen) atoms. The van der Waals surface area contributed by atoms with Crippen LogP contribution in [0.3, 0.4) is 0 Å². The SMILES string of the molecule is CC(C)c1cc(C(C)C)[c]([Pb+2][c]2c(C(C)C)cc(C(C)C)cc2C(C)C)c(C(C)C)c1. The first-order chi connectivity index (χ1) is 14.3. The Labute approximate surface area is 205 Å². The van der Waals surface area contributed by atoms with Crippen LogP contribution >= 0.6 is 0 Å². The van der Waals surface area contributed by atoms with Crippen LogP contribution in [0.2, 0.25) is 0 Å². The van der Waals surface area contributed by atoms with Crippen LogP contribution in [0, 0.1) is 0 Å². The average Bonchev–Trinajstić information content (AvgIpc) is 2.66. The van der Waals surface area contributed by atoms with Gasteiger partial charge < -0.3 is 0 Å².